The zero-order valence-electron chi connectivity index (χ0n) is 11.5. The Morgan fingerprint density at radius 1 is 1.20 bits per heavy atom. The molecule has 0 spiro atoms. The molecular formula is C14H16BrFN4. The molecule has 0 aliphatic rings. The van der Waals surface area contributed by atoms with E-state index >= 15 is 0 Å². The van der Waals surface area contributed by atoms with Crippen LogP contribution in [0.4, 0.5) is 10.2 Å². The Labute approximate surface area is 125 Å². The normalized spacial score (nSPS) is 11.5. The number of nitrogens with one attached hydrogen (secondary N) is 1. The summed E-state index contributed by atoms with van der Waals surface area (Å²) in [6.45, 7) is 6.13. The molecule has 1 aromatic heterocycles. The Morgan fingerprint density at radius 3 is 2.45 bits per heavy atom. The first kappa shape index (κ1) is 14.9. The van der Waals surface area contributed by atoms with E-state index in [2.05, 4.69) is 31.3 Å². The van der Waals surface area contributed by atoms with Gasteiger partial charge in [0, 0.05) is 17.0 Å². The summed E-state index contributed by atoms with van der Waals surface area (Å²) in [5, 5.41) is 0. The summed E-state index contributed by atoms with van der Waals surface area (Å²) < 4.78 is 14.0. The molecule has 0 saturated carbocycles. The number of nitrogens with zero attached hydrogens (tertiary/aromatic N) is 2. The van der Waals surface area contributed by atoms with Gasteiger partial charge in [-0.2, -0.15) is 0 Å². The molecular weight excluding hydrogens is 323 g/mol. The van der Waals surface area contributed by atoms with E-state index < -0.39 is 0 Å². The monoisotopic (exact) mass is 338 g/mol. The first-order valence-corrected chi connectivity index (χ1v) is 6.92. The molecule has 4 nitrogen and oxygen atoms in total. The van der Waals surface area contributed by atoms with Gasteiger partial charge in [-0.25, -0.2) is 20.2 Å². The van der Waals surface area contributed by atoms with Crippen molar-refractivity contribution in [3.05, 3.63) is 40.2 Å². The van der Waals surface area contributed by atoms with Gasteiger partial charge in [0.25, 0.3) is 0 Å². The lowest BCUT2D eigenvalue weighted by Gasteiger charge is -2.19. The fourth-order valence-electron chi connectivity index (χ4n) is 1.67. The lowest BCUT2D eigenvalue weighted by molar-refractivity contribution is 0.568. The number of benzene rings is 1. The minimum Gasteiger partial charge on any atom is -0.308 e. The molecule has 0 atom stereocenters. The molecule has 0 fully saturated rings. The Bertz CT molecular complexity index is 638. The molecule has 0 aliphatic heterocycles. The summed E-state index contributed by atoms with van der Waals surface area (Å²) >= 11 is 3.13. The number of nitrogens with two attached hydrogens (primary N) is 1. The second-order valence-corrected chi connectivity index (χ2v) is 6.34. The van der Waals surface area contributed by atoms with Crippen LogP contribution in [0.3, 0.4) is 0 Å². The van der Waals surface area contributed by atoms with Gasteiger partial charge in [-0.1, -0.05) is 20.8 Å². The van der Waals surface area contributed by atoms with Gasteiger partial charge >= 0.3 is 0 Å². The van der Waals surface area contributed by atoms with Gasteiger partial charge in [0.15, 0.2) is 5.82 Å². The predicted molar refractivity (Wildman–Crippen MR) is 81.6 cm³/mol. The molecule has 0 aliphatic carbocycles. The second kappa shape index (κ2) is 5.46. The van der Waals surface area contributed by atoms with E-state index in [9.17, 15) is 4.39 Å². The molecule has 0 bridgehead atoms. The van der Waals surface area contributed by atoms with Gasteiger partial charge in [-0.15, -0.1) is 0 Å². The van der Waals surface area contributed by atoms with Crippen molar-refractivity contribution >= 4 is 21.7 Å². The summed E-state index contributed by atoms with van der Waals surface area (Å²) in [6, 6.07) is 6.58. The van der Waals surface area contributed by atoms with E-state index in [1.807, 2.05) is 20.8 Å². The number of hydrogen-bond acceptors (Lipinski definition) is 4. The van der Waals surface area contributed by atoms with E-state index in [0.29, 0.717) is 21.7 Å². The van der Waals surface area contributed by atoms with Crippen LogP contribution in [0.2, 0.25) is 0 Å². The standard InChI is InChI=1S/C14H16BrFN4/c1-14(2,3)11-7-12(20-17)19-13(18-11)8-4-5-9(15)10(16)6-8/h4-7H,17H2,1-3H3,(H,18,19,20). The molecule has 106 valence electrons. The van der Waals surface area contributed by atoms with Crippen LogP contribution >= 0.6 is 15.9 Å². The molecule has 20 heavy (non-hydrogen) atoms. The molecule has 0 radical (unpaired) electrons. The van der Waals surface area contributed by atoms with E-state index in [1.54, 1.807) is 18.2 Å². The second-order valence-electron chi connectivity index (χ2n) is 5.49. The van der Waals surface area contributed by atoms with Crippen LogP contribution in [0.25, 0.3) is 11.4 Å². The van der Waals surface area contributed by atoms with Crippen LogP contribution in [0.15, 0.2) is 28.7 Å². The van der Waals surface area contributed by atoms with E-state index in [-0.39, 0.29) is 11.2 Å². The number of rotatable bonds is 2. The predicted octanol–water partition coefficient (Wildman–Crippen LogP) is 3.63. The van der Waals surface area contributed by atoms with Gasteiger partial charge in [-0.05, 0) is 34.1 Å². The van der Waals surface area contributed by atoms with E-state index in [4.69, 9.17) is 5.84 Å². The highest BCUT2D eigenvalue weighted by Crippen LogP contribution is 2.27. The minimum atomic E-state index is -0.352. The van der Waals surface area contributed by atoms with Gasteiger partial charge in [0.1, 0.15) is 11.6 Å². The third kappa shape index (κ3) is 3.13. The maximum atomic E-state index is 13.6. The van der Waals surface area contributed by atoms with Crippen LogP contribution in [0.1, 0.15) is 26.5 Å². The lowest BCUT2D eigenvalue weighted by Crippen LogP contribution is -2.17. The summed E-state index contributed by atoms with van der Waals surface area (Å²) in [7, 11) is 0. The molecule has 0 unspecified atom stereocenters. The van der Waals surface area contributed by atoms with Crippen LogP contribution in [0, 0.1) is 5.82 Å². The molecule has 2 rings (SSSR count). The van der Waals surface area contributed by atoms with Crippen molar-refractivity contribution < 1.29 is 4.39 Å². The lowest BCUT2D eigenvalue weighted by atomic mass is 9.92. The van der Waals surface area contributed by atoms with Crippen LogP contribution in [0.5, 0.6) is 0 Å². The van der Waals surface area contributed by atoms with Crippen molar-refractivity contribution in [3.63, 3.8) is 0 Å². The van der Waals surface area contributed by atoms with Crippen molar-refractivity contribution in [2.75, 3.05) is 5.43 Å². The molecule has 0 saturated heterocycles. The topological polar surface area (TPSA) is 63.8 Å². The zero-order valence-corrected chi connectivity index (χ0v) is 13.1. The summed E-state index contributed by atoms with van der Waals surface area (Å²) in [5.74, 6) is 6.03. The highest BCUT2D eigenvalue weighted by molar-refractivity contribution is 9.10. The SMILES string of the molecule is CC(C)(C)c1cc(NN)nc(-c2ccc(Br)c(F)c2)n1. The van der Waals surface area contributed by atoms with E-state index in [0.717, 1.165) is 5.69 Å². The van der Waals surface area contributed by atoms with Crippen LogP contribution < -0.4 is 11.3 Å². The van der Waals surface area contributed by atoms with Crippen molar-refractivity contribution in [1.29, 1.82) is 0 Å². The van der Waals surface area contributed by atoms with Crippen LogP contribution in [-0.2, 0) is 5.41 Å². The Morgan fingerprint density at radius 2 is 1.90 bits per heavy atom. The van der Waals surface area contributed by atoms with E-state index in [1.165, 1.54) is 6.07 Å². The molecule has 1 aromatic carbocycles. The Balaban J connectivity index is 2.58. The summed E-state index contributed by atoms with van der Waals surface area (Å²) in [5.41, 5.74) is 3.80. The molecule has 2 aromatic rings. The first-order valence-electron chi connectivity index (χ1n) is 6.13. The van der Waals surface area contributed by atoms with Gasteiger partial charge in [0.2, 0.25) is 0 Å². The number of aromatic nitrogens is 2. The zero-order chi connectivity index (χ0) is 14.9. The third-order valence-electron chi connectivity index (χ3n) is 2.82. The first-order chi connectivity index (χ1) is 9.31. The van der Waals surface area contributed by atoms with Gasteiger partial charge in [-0.3, -0.25) is 0 Å². The highest BCUT2D eigenvalue weighted by Gasteiger charge is 2.18. The van der Waals surface area contributed by atoms with Gasteiger partial charge in [0.05, 0.1) is 10.2 Å². The van der Waals surface area contributed by atoms with Gasteiger partial charge < -0.3 is 5.43 Å². The Hall–Kier alpha value is -1.53. The number of hydrogen-bond donors (Lipinski definition) is 2. The fourth-order valence-corrected chi connectivity index (χ4v) is 1.92. The fraction of sp³-hybridized carbons (Fsp3) is 0.286. The third-order valence-corrected chi connectivity index (χ3v) is 3.46. The average Bonchev–Trinajstić information content (AvgIpc) is 2.40. The summed E-state index contributed by atoms with van der Waals surface area (Å²) in [6.07, 6.45) is 0. The quantitative estimate of drug-likeness (QED) is 0.648. The Kier molecular flexibility index (Phi) is 4.06. The van der Waals surface area contributed by atoms with Crippen molar-refractivity contribution in [1.82, 2.24) is 9.97 Å². The summed E-state index contributed by atoms with van der Waals surface area (Å²) in [4.78, 5) is 8.78. The number of anilines is 1. The average molecular weight is 339 g/mol. The molecule has 3 N–H and O–H groups in total. The smallest absolute Gasteiger partial charge is 0.161 e. The largest absolute Gasteiger partial charge is 0.308 e. The number of nitrogen functional groups attached to an aromatic ring is 1. The van der Waals surface area contributed by atoms with Crippen molar-refractivity contribution in [3.8, 4) is 11.4 Å². The highest BCUT2D eigenvalue weighted by atomic mass is 79.9. The maximum Gasteiger partial charge on any atom is 0.161 e. The van der Waals surface area contributed by atoms with Crippen molar-refractivity contribution in [2.45, 2.75) is 26.2 Å². The maximum absolute atomic E-state index is 13.6. The van der Waals surface area contributed by atoms with Crippen molar-refractivity contribution in [2.24, 2.45) is 5.84 Å². The molecule has 1 heterocycles. The van der Waals surface area contributed by atoms with Crippen LogP contribution in [-0.4, -0.2) is 9.97 Å². The number of halogens is 2. The number of hydrazine groups is 1. The molecule has 0 amide bonds. The molecule has 6 heteroatoms. The minimum absolute atomic E-state index is 0.156.